The molecule has 0 radical (unpaired) electrons. The van der Waals surface area contributed by atoms with Crippen molar-refractivity contribution < 1.29 is 18.7 Å². The van der Waals surface area contributed by atoms with Crippen molar-refractivity contribution in [1.29, 1.82) is 0 Å². The SMILES string of the molecule is CCNC(=O)CN(CC)CC(O)c1ccc(F)cc1F. The number of halogens is 2. The van der Waals surface area contributed by atoms with Crippen molar-refractivity contribution in [2.24, 2.45) is 0 Å². The lowest BCUT2D eigenvalue weighted by Gasteiger charge is -2.23. The molecule has 2 N–H and O–H groups in total. The third-order valence-electron chi connectivity index (χ3n) is 2.94. The fourth-order valence-corrected chi connectivity index (χ4v) is 1.88. The van der Waals surface area contributed by atoms with Crippen molar-refractivity contribution in [3.8, 4) is 0 Å². The van der Waals surface area contributed by atoms with Crippen molar-refractivity contribution in [2.75, 3.05) is 26.2 Å². The third-order valence-corrected chi connectivity index (χ3v) is 2.94. The van der Waals surface area contributed by atoms with Crippen LogP contribution in [-0.2, 0) is 4.79 Å². The van der Waals surface area contributed by atoms with Gasteiger partial charge in [0.1, 0.15) is 11.6 Å². The molecule has 0 aromatic heterocycles. The second kappa shape index (κ2) is 7.91. The van der Waals surface area contributed by atoms with E-state index in [-0.39, 0.29) is 24.6 Å². The number of hydrogen-bond donors (Lipinski definition) is 2. The smallest absolute Gasteiger partial charge is 0.234 e. The van der Waals surface area contributed by atoms with Gasteiger partial charge in [0.05, 0.1) is 12.6 Å². The second-order valence-corrected chi connectivity index (χ2v) is 4.46. The molecule has 0 aliphatic rings. The van der Waals surface area contributed by atoms with E-state index in [0.717, 1.165) is 12.1 Å². The van der Waals surface area contributed by atoms with Gasteiger partial charge in [-0.25, -0.2) is 8.78 Å². The number of carbonyl (C=O) groups excluding carboxylic acids is 1. The average molecular weight is 286 g/mol. The molecule has 0 saturated heterocycles. The molecule has 0 saturated carbocycles. The van der Waals surface area contributed by atoms with Crippen molar-refractivity contribution in [1.82, 2.24) is 10.2 Å². The largest absolute Gasteiger partial charge is 0.387 e. The summed E-state index contributed by atoms with van der Waals surface area (Å²) in [6.07, 6.45) is -1.11. The van der Waals surface area contributed by atoms with Crippen molar-refractivity contribution >= 4 is 5.91 Å². The van der Waals surface area contributed by atoms with E-state index < -0.39 is 17.7 Å². The van der Waals surface area contributed by atoms with Gasteiger partial charge in [-0.2, -0.15) is 0 Å². The van der Waals surface area contributed by atoms with E-state index in [2.05, 4.69) is 5.32 Å². The van der Waals surface area contributed by atoms with Crippen LogP contribution in [0.25, 0.3) is 0 Å². The number of aliphatic hydroxyl groups excluding tert-OH is 1. The molecule has 1 atom stereocenters. The van der Waals surface area contributed by atoms with Crippen LogP contribution in [0.1, 0.15) is 25.5 Å². The van der Waals surface area contributed by atoms with Gasteiger partial charge < -0.3 is 10.4 Å². The molecule has 4 nitrogen and oxygen atoms in total. The highest BCUT2D eigenvalue weighted by Crippen LogP contribution is 2.19. The predicted octanol–water partition coefficient (Wildman–Crippen LogP) is 1.46. The molecule has 1 rings (SSSR count). The highest BCUT2D eigenvalue weighted by atomic mass is 19.1. The maximum atomic E-state index is 13.5. The summed E-state index contributed by atoms with van der Waals surface area (Å²) in [5, 5.41) is 12.7. The van der Waals surface area contributed by atoms with E-state index in [9.17, 15) is 18.7 Å². The Hall–Kier alpha value is -1.53. The standard InChI is InChI=1S/C14H20F2N2O2/c1-3-17-14(20)9-18(4-2)8-13(19)11-6-5-10(15)7-12(11)16/h5-7,13,19H,3-4,8-9H2,1-2H3,(H,17,20). The average Bonchev–Trinajstić information content (AvgIpc) is 2.37. The second-order valence-electron chi connectivity index (χ2n) is 4.46. The minimum Gasteiger partial charge on any atom is -0.387 e. The van der Waals surface area contributed by atoms with Gasteiger partial charge in [0.15, 0.2) is 0 Å². The molecule has 20 heavy (non-hydrogen) atoms. The van der Waals surface area contributed by atoms with Crippen LogP contribution < -0.4 is 5.32 Å². The number of aliphatic hydroxyl groups is 1. The first-order chi connectivity index (χ1) is 9.47. The Morgan fingerprint density at radius 1 is 1.40 bits per heavy atom. The van der Waals surface area contributed by atoms with Gasteiger partial charge in [-0.05, 0) is 19.5 Å². The van der Waals surface area contributed by atoms with Gasteiger partial charge in [0, 0.05) is 24.7 Å². The third kappa shape index (κ3) is 4.86. The van der Waals surface area contributed by atoms with E-state index in [4.69, 9.17) is 0 Å². The Morgan fingerprint density at radius 3 is 2.65 bits per heavy atom. The summed E-state index contributed by atoms with van der Waals surface area (Å²) in [5.41, 5.74) is 0.0285. The molecular weight excluding hydrogens is 266 g/mol. The number of amides is 1. The molecule has 6 heteroatoms. The Labute approximate surface area is 117 Å². The fraction of sp³-hybridized carbons (Fsp3) is 0.500. The van der Waals surface area contributed by atoms with Gasteiger partial charge in [-0.3, -0.25) is 9.69 Å². The first-order valence-electron chi connectivity index (χ1n) is 6.60. The summed E-state index contributed by atoms with van der Waals surface area (Å²) in [7, 11) is 0. The maximum absolute atomic E-state index is 13.5. The molecular formula is C14H20F2N2O2. The molecule has 0 fully saturated rings. The molecule has 1 aromatic rings. The van der Waals surface area contributed by atoms with Gasteiger partial charge in [-0.1, -0.05) is 13.0 Å². The van der Waals surface area contributed by atoms with Gasteiger partial charge in [-0.15, -0.1) is 0 Å². The zero-order valence-corrected chi connectivity index (χ0v) is 11.7. The van der Waals surface area contributed by atoms with Crippen LogP contribution >= 0.6 is 0 Å². The minimum atomic E-state index is -1.11. The summed E-state index contributed by atoms with van der Waals surface area (Å²) >= 11 is 0. The first-order valence-corrected chi connectivity index (χ1v) is 6.60. The molecule has 0 aliphatic carbocycles. The number of rotatable bonds is 7. The Kier molecular flexibility index (Phi) is 6.54. The highest BCUT2D eigenvalue weighted by Gasteiger charge is 2.18. The summed E-state index contributed by atoms with van der Waals surface area (Å²) in [5.74, 6) is -1.62. The van der Waals surface area contributed by atoms with Crippen LogP contribution in [-0.4, -0.2) is 42.1 Å². The van der Waals surface area contributed by atoms with Crippen LogP contribution in [0.5, 0.6) is 0 Å². The lowest BCUT2D eigenvalue weighted by Crippen LogP contribution is -2.39. The molecule has 112 valence electrons. The zero-order chi connectivity index (χ0) is 15.1. The van der Waals surface area contributed by atoms with Crippen molar-refractivity contribution in [2.45, 2.75) is 20.0 Å². The molecule has 0 aliphatic heterocycles. The van der Waals surface area contributed by atoms with Crippen LogP contribution in [0, 0.1) is 11.6 Å². The number of nitrogens with one attached hydrogen (secondary N) is 1. The lowest BCUT2D eigenvalue weighted by molar-refractivity contribution is -0.122. The number of carbonyl (C=O) groups is 1. The molecule has 0 heterocycles. The Balaban J connectivity index is 2.66. The minimum absolute atomic E-state index is 0.0285. The summed E-state index contributed by atoms with van der Waals surface area (Å²) < 4.78 is 26.4. The van der Waals surface area contributed by atoms with E-state index in [1.807, 2.05) is 13.8 Å². The molecule has 0 bridgehead atoms. The fourth-order valence-electron chi connectivity index (χ4n) is 1.88. The lowest BCUT2D eigenvalue weighted by atomic mass is 10.1. The molecule has 0 spiro atoms. The number of benzene rings is 1. The topological polar surface area (TPSA) is 52.6 Å². The molecule has 1 unspecified atom stereocenters. The van der Waals surface area contributed by atoms with E-state index in [1.165, 1.54) is 6.07 Å². The monoisotopic (exact) mass is 286 g/mol. The highest BCUT2D eigenvalue weighted by molar-refractivity contribution is 5.77. The first kappa shape index (κ1) is 16.5. The summed E-state index contributed by atoms with van der Waals surface area (Å²) in [4.78, 5) is 13.2. The summed E-state index contributed by atoms with van der Waals surface area (Å²) in [6, 6.07) is 3.05. The number of hydrogen-bond acceptors (Lipinski definition) is 3. The zero-order valence-electron chi connectivity index (χ0n) is 11.7. The van der Waals surface area contributed by atoms with Crippen LogP contribution in [0.2, 0.25) is 0 Å². The van der Waals surface area contributed by atoms with Crippen molar-refractivity contribution in [3.05, 3.63) is 35.4 Å². The van der Waals surface area contributed by atoms with Gasteiger partial charge in [0.2, 0.25) is 5.91 Å². The van der Waals surface area contributed by atoms with Crippen molar-refractivity contribution in [3.63, 3.8) is 0 Å². The normalized spacial score (nSPS) is 12.5. The number of nitrogens with zero attached hydrogens (tertiary/aromatic N) is 1. The van der Waals surface area contributed by atoms with Gasteiger partial charge >= 0.3 is 0 Å². The Morgan fingerprint density at radius 2 is 2.10 bits per heavy atom. The van der Waals surface area contributed by atoms with E-state index in [1.54, 1.807) is 4.90 Å². The van der Waals surface area contributed by atoms with E-state index >= 15 is 0 Å². The van der Waals surface area contributed by atoms with E-state index in [0.29, 0.717) is 13.1 Å². The van der Waals surface area contributed by atoms with Gasteiger partial charge in [0.25, 0.3) is 0 Å². The number of likely N-dealkylation sites (N-methyl/N-ethyl adjacent to an activating group) is 2. The Bertz CT molecular complexity index is 455. The molecule has 1 amide bonds. The van der Waals surface area contributed by atoms with Crippen LogP contribution in [0.15, 0.2) is 18.2 Å². The van der Waals surface area contributed by atoms with Crippen LogP contribution in [0.3, 0.4) is 0 Å². The summed E-state index contributed by atoms with van der Waals surface area (Å²) in [6.45, 7) is 4.97. The van der Waals surface area contributed by atoms with Crippen LogP contribution in [0.4, 0.5) is 8.78 Å². The maximum Gasteiger partial charge on any atom is 0.234 e. The molecule has 1 aromatic carbocycles. The quantitative estimate of drug-likeness (QED) is 0.798. The predicted molar refractivity (Wildman–Crippen MR) is 72.1 cm³/mol.